The van der Waals surface area contributed by atoms with E-state index in [9.17, 15) is 4.79 Å². The Morgan fingerprint density at radius 1 is 0.949 bits per heavy atom. The largest absolute Gasteiger partial charge is 0.493 e. The van der Waals surface area contributed by atoms with Gasteiger partial charge in [0.25, 0.3) is 5.91 Å². The van der Waals surface area contributed by atoms with Crippen LogP contribution in [0, 0.1) is 5.82 Å². The number of ether oxygens (including phenoxy) is 3. The van der Waals surface area contributed by atoms with E-state index in [1.54, 1.807) is 68.0 Å². The Balaban J connectivity index is 1.37. The van der Waals surface area contributed by atoms with Gasteiger partial charge in [0.05, 0.1) is 19.7 Å². The fraction of sp³-hybridized carbons (Fsp3) is 0.107. The second-order valence-electron chi connectivity index (χ2n) is 8.44. The Bertz CT molecular complexity index is 1690. The molecular formula is C28H23ClFN5O4. The first-order valence-corrected chi connectivity index (χ1v) is 12.1. The molecule has 0 atom stereocenters. The molecule has 0 aliphatic heterocycles. The highest BCUT2D eigenvalue weighted by atomic mass is 35.5. The van der Waals surface area contributed by atoms with Gasteiger partial charge in [0.1, 0.15) is 11.3 Å². The van der Waals surface area contributed by atoms with E-state index in [4.69, 9.17) is 25.8 Å². The first-order chi connectivity index (χ1) is 18.8. The Morgan fingerprint density at radius 3 is 2.49 bits per heavy atom. The van der Waals surface area contributed by atoms with Crippen LogP contribution in [0.25, 0.3) is 10.9 Å². The molecule has 2 heterocycles. The maximum absolute atomic E-state index is 15.1. The average Bonchev–Trinajstić information content (AvgIpc) is 3.29. The lowest BCUT2D eigenvalue weighted by Gasteiger charge is -2.13. The lowest BCUT2D eigenvalue weighted by atomic mass is 10.1. The molecular weight excluding hydrogens is 525 g/mol. The van der Waals surface area contributed by atoms with E-state index < -0.39 is 11.7 Å². The van der Waals surface area contributed by atoms with Gasteiger partial charge in [0, 0.05) is 53.4 Å². The molecule has 39 heavy (non-hydrogen) atoms. The Morgan fingerprint density at radius 2 is 1.74 bits per heavy atom. The number of carbonyl (C=O) groups is 1. The molecule has 0 saturated heterocycles. The van der Waals surface area contributed by atoms with Crippen LogP contribution in [0.1, 0.15) is 10.4 Å². The lowest BCUT2D eigenvalue weighted by Crippen LogP contribution is -2.13. The van der Waals surface area contributed by atoms with Crippen LogP contribution in [0.2, 0.25) is 5.02 Å². The number of carbonyl (C=O) groups excluding carboxylic acids is 1. The molecule has 0 aliphatic carbocycles. The number of aromatic nitrogens is 3. The quantitative estimate of drug-likeness (QED) is 0.227. The van der Waals surface area contributed by atoms with Crippen molar-refractivity contribution in [1.29, 1.82) is 0 Å². The van der Waals surface area contributed by atoms with Gasteiger partial charge in [-0.15, -0.1) is 0 Å². The second kappa shape index (κ2) is 10.9. The number of anilines is 3. The molecule has 0 fully saturated rings. The fourth-order valence-corrected chi connectivity index (χ4v) is 4.15. The summed E-state index contributed by atoms with van der Waals surface area (Å²) in [6, 6.07) is 16.2. The summed E-state index contributed by atoms with van der Waals surface area (Å²) in [7, 11) is 4.75. The number of hydrogen-bond acceptors (Lipinski definition) is 7. The van der Waals surface area contributed by atoms with Gasteiger partial charge in [-0.05, 0) is 42.5 Å². The third-order valence-electron chi connectivity index (χ3n) is 5.78. The third-order valence-corrected chi connectivity index (χ3v) is 6.01. The van der Waals surface area contributed by atoms with Crippen LogP contribution in [0.15, 0.2) is 73.1 Å². The number of nitrogens with one attached hydrogen (secondary N) is 2. The molecule has 3 aromatic carbocycles. The van der Waals surface area contributed by atoms with Gasteiger partial charge in [-0.3, -0.25) is 14.5 Å². The van der Waals surface area contributed by atoms with Crippen LogP contribution in [0.4, 0.5) is 21.6 Å². The van der Waals surface area contributed by atoms with Crippen molar-refractivity contribution in [3.63, 3.8) is 0 Å². The topological polar surface area (TPSA) is 99.5 Å². The van der Waals surface area contributed by atoms with Crippen molar-refractivity contribution < 1.29 is 23.4 Å². The zero-order valence-corrected chi connectivity index (χ0v) is 21.9. The van der Waals surface area contributed by atoms with Crippen LogP contribution < -0.4 is 24.8 Å². The summed E-state index contributed by atoms with van der Waals surface area (Å²) < 4.78 is 33.3. The van der Waals surface area contributed by atoms with Crippen LogP contribution in [-0.4, -0.2) is 34.9 Å². The standard InChI is InChI=1S/C28H23ClFN5O4/c1-35-15-20(28(36)33-17-6-4-5-16(29)11-17)27(34-35)32-18-7-8-24(21(30)12-18)39-23-9-10-31-22-14-26(38-3)25(37-2)13-19(22)23/h4-15H,1-3H3,(H,32,34)(H,33,36). The molecule has 0 spiro atoms. The molecule has 0 bridgehead atoms. The van der Waals surface area contributed by atoms with Crippen molar-refractivity contribution in [3.8, 4) is 23.0 Å². The number of nitrogens with zero attached hydrogens (tertiary/aromatic N) is 3. The molecule has 0 aliphatic rings. The van der Waals surface area contributed by atoms with Crippen molar-refractivity contribution in [2.75, 3.05) is 24.9 Å². The molecule has 0 radical (unpaired) electrons. The van der Waals surface area contributed by atoms with Gasteiger partial charge in [-0.1, -0.05) is 17.7 Å². The van der Waals surface area contributed by atoms with Crippen molar-refractivity contribution >= 4 is 45.6 Å². The number of pyridine rings is 1. The van der Waals surface area contributed by atoms with Crippen LogP contribution in [0.3, 0.4) is 0 Å². The highest BCUT2D eigenvalue weighted by Gasteiger charge is 2.18. The minimum Gasteiger partial charge on any atom is -0.493 e. The number of aryl methyl sites for hydroxylation is 1. The maximum Gasteiger partial charge on any atom is 0.261 e. The molecule has 2 aromatic heterocycles. The van der Waals surface area contributed by atoms with Gasteiger partial charge in [-0.25, -0.2) is 4.39 Å². The Labute approximate surface area is 228 Å². The van der Waals surface area contributed by atoms with Crippen LogP contribution in [-0.2, 0) is 7.05 Å². The minimum absolute atomic E-state index is 0.00257. The zero-order chi connectivity index (χ0) is 27.5. The first kappa shape index (κ1) is 25.8. The summed E-state index contributed by atoms with van der Waals surface area (Å²) >= 11 is 6.01. The molecule has 5 aromatic rings. The van der Waals surface area contributed by atoms with Crippen LogP contribution in [0.5, 0.6) is 23.0 Å². The molecule has 198 valence electrons. The Hall–Kier alpha value is -4.83. The van der Waals surface area contributed by atoms with Gasteiger partial charge in [-0.2, -0.15) is 5.10 Å². The zero-order valence-electron chi connectivity index (χ0n) is 21.2. The number of benzene rings is 3. The van der Waals surface area contributed by atoms with E-state index in [1.807, 2.05) is 0 Å². The summed E-state index contributed by atoms with van der Waals surface area (Å²) in [5.74, 6) is 0.648. The van der Waals surface area contributed by atoms with E-state index in [1.165, 1.54) is 31.0 Å². The van der Waals surface area contributed by atoms with Gasteiger partial charge >= 0.3 is 0 Å². The van der Waals surface area contributed by atoms with Crippen molar-refractivity contribution in [3.05, 3.63) is 89.5 Å². The molecule has 0 saturated carbocycles. The number of halogens is 2. The smallest absolute Gasteiger partial charge is 0.261 e. The monoisotopic (exact) mass is 547 g/mol. The number of fused-ring (bicyclic) bond motifs is 1. The van der Waals surface area contributed by atoms with Crippen LogP contribution >= 0.6 is 11.6 Å². The molecule has 11 heteroatoms. The summed E-state index contributed by atoms with van der Waals surface area (Å²) in [4.78, 5) is 17.2. The molecule has 5 rings (SSSR count). The highest BCUT2D eigenvalue weighted by Crippen LogP contribution is 2.37. The van der Waals surface area contributed by atoms with Gasteiger partial charge in [0.2, 0.25) is 0 Å². The maximum atomic E-state index is 15.1. The summed E-state index contributed by atoms with van der Waals surface area (Å²) in [5, 5.41) is 11.2. The summed E-state index contributed by atoms with van der Waals surface area (Å²) in [5.41, 5.74) is 1.78. The first-order valence-electron chi connectivity index (χ1n) is 11.7. The van der Waals surface area contributed by atoms with Crippen molar-refractivity contribution in [2.24, 2.45) is 7.05 Å². The van der Waals surface area contributed by atoms with E-state index in [0.717, 1.165) is 0 Å². The third kappa shape index (κ3) is 5.55. The number of amides is 1. The Kier molecular flexibility index (Phi) is 7.20. The lowest BCUT2D eigenvalue weighted by molar-refractivity contribution is 0.102. The van der Waals surface area contributed by atoms with E-state index >= 15 is 4.39 Å². The molecule has 9 nitrogen and oxygen atoms in total. The van der Waals surface area contributed by atoms with Gasteiger partial charge < -0.3 is 24.8 Å². The average molecular weight is 548 g/mol. The summed E-state index contributed by atoms with van der Waals surface area (Å²) in [6.45, 7) is 0. The predicted molar refractivity (Wildman–Crippen MR) is 147 cm³/mol. The highest BCUT2D eigenvalue weighted by molar-refractivity contribution is 6.31. The van der Waals surface area contributed by atoms with Crippen molar-refractivity contribution in [2.45, 2.75) is 0 Å². The summed E-state index contributed by atoms with van der Waals surface area (Å²) in [6.07, 6.45) is 3.13. The van der Waals surface area contributed by atoms with E-state index in [-0.39, 0.29) is 17.1 Å². The predicted octanol–water partition coefficient (Wildman–Crippen LogP) is 6.57. The normalized spacial score (nSPS) is 10.8. The van der Waals surface area contributed by atoms with Crippen molar-refractivity contribution in [1.82, 2.24) is 14.8 Å². The van der Waals surface area contributed by atoms with E-state index in [0.29, 0.717) is 44.5 Å². The fourth-order valence-electron chi connectivity index (χ4n) is 3.96. The second-order valence-corrected chi connectivity index (χ2v) is 8.87. The minimum atomic E-state index is -0.619. The van der Waals surface area contributed by atoms with E-state index in [2.05, 4.69) is 20.7 Å². The number of methoxy groups -OCH3 is 2. The SMILES string of the molecule is COc1cc2nccc(Oc3ccc(Nc4nn(C)cc4C(=O)Nc4cccc(Cl)c4)cc3F)c2cc1OC. The molecule has 2 N–H and O–H groups in total. The number of hydrogen-bond donors (Lipinski definition) is 2. The number of rotatable bonds is 8. The molecule has 0 unspecified atom stereocenters. The molecule has 1 amide bonds. The van der Waals surface area contributed by atoms with Gasteiger partial charge in [0.15, 0.2) is 28.9 Å².